The van der Waals surface area contributed by atoms with Crippen molar-refractivity contribution >= 4 is 27.7 Å². The van der Waals surface area contributed by atoms with Crippen LogP contribution in [0.15, 0.2) is 51.7 Å². The molecule has 1 saturated heterocycles. The number of esters is 1. The zero-order chi connectivity index (χ0) is 23.8. The standard InChI is InChI=1S/C21H23F2N5O4S/c1-32-21(29)18-17-10-13(27-33(24,30)31)11-28(17)20(16-5-3-2-4-8-25-16)26-19(18)14-7-6-12(22)9-15(14)23/h4,6-9,13,19,27H,2-3,5,10-11H2,1H3,(H2,24,30,31)/t13-,19-/m0/s1. The Labute approximate surface area is 189 Å². The highest BCUT2D eigenvalue weighted by molar-refractivity contribution is 7.87. The van der Waals surface area contributed by atoms with E-state index < -0.39 is 39.9 Å². The number of hydrogen-bond acceptors (Lipinski definition) is 7. The van der Waals surface area contributed by atoms with E-state index in [1.165, 1.54) is 13.2 Å². The summed E-state index contributed by atoms with van der Waals surface area (Å²) in [6.07, 6.45) is 5.88. The van der Waals surface area contributed by atoms with Gasteiger partial charge in [-0.05, 0) is 25.3 Å². The normalized spacial score (nSPS) is 23.1. The monoisotopic (exact) mass is 479 g/mol. The van der Waals surface area contributed by atoms with Gasteiger partial charge in [0, 0.05) is 42.5 Å². The van der Waals surface area contributed by atoms with Crippen LogP contribution in [0.25, 0.3) is 0 Å². The number of fused-ring (bicyclic) bond motifs is 1. The fourth-order valence-electron chi connectivity index (χ4n) is 4.29. The van der Waals surface area contributed by atoms with Crippen LogP contribution in [0.1, 0.15) is 37.3 Å². The number of methoxy groups -OCH3 is 1. The molecule has 176 valence electrons. The molecule has 2 atom stereocenters. The van der Waals surface area contributed by atoms with Gasteiger partial charge in [0.2, 0.25) is 0 Å². The first-order valence-electron chi connectivity index (χ1n) is 10.3. The molecular formula is C21H23F2N5O4S. The largest absolute Gasteiger partial charge is 0.466 e. The van der Waals surface area contributed by atoms with E-state index in [1.54, 1.807) is 11.1 Å². The number of carbonyl (C=O) groups is 1. The number of nitrogens with one attached hydrogen (secondary N) is 1. The van der Waals surface area contributed by atoms with Crippen LogP contribution in [0.5, 0.6) is 0 Å². The van der Waals surface area contributed by atoms with Crippen LogP contribution in [0.4, 0.5) is 8.78 Å². The molecule has 3 aliphatic heterocycles. The molecule has 0 radical (unpaired) electrons. The molecule has 33 heavy (non-hydrogen) atoms. The molecule has 0 bridgehead atoms. The topological polar surface area (TPSA) is 126 Å². The molecule has 3 aliphatic rings. The average molecular weight is 480 g/mol. The maximum atomic E-state index is 14.8. The summed E-state index contributed by atoms with van der Waals surface area (Å²) in [5.41, 5.74) is 1.09. The van der Waals surface area contributed by atoms with Gasteiger partial charge in [-0.15, -0.1) is 0 Å². The summed E-state index contributed by atoms with van der Waals surface area (Å²) >= 11 is 0. The molecule has 4 rings (SSSR count). The SMILES string of the molecule is COC(=O)C1=C2C[C@H](NS(N)(=O)=O)CN2C(C2=NC=CCCC2)=N[C@H]1c1ccc(F)cc1F. The fraction of sp³-hybridized carbons (Fsp3) is 0.381. The van der Waals surface area contributed by atoms with Crippen LogP contribution < -0.4 is 9.86 Å². The van der Waals surface area contributed by atoms with E-state index in [2.05, 4.69) is 14.7 Å². The minimum Gasteiger partial charge on any atom is -0.466 e. The molecule has 12 heteroatoms. The van der Waals surface area contributed by atoms with Crippen LogP contribution in [0.2, 0.25) is 0 Å². The van der Waals surface area contributed by atoms with Crippen molar-refractivity contribution in [2.75, 3.05) is 13.7 Å². The summed E-state index contributed by atoms with van der Waals surface area (Å²) in [4.78, 5) is 23.7. The summed E-state index contributed by atoms with van der Waals surface area (Å²) in [5, 5.41) is 5.16. The van der Waals surface area contributed by atoms with E-state index in [9.17, 15) is 22.0 Å². The minimum absolute atomic E-state index is 0.00549. The second-order valence-electron chi connectivity index (χ2n) is 7.90. The molecule has 0 aliphatic carbocycles. The number of hydrogen-bond donors (Lipinski definition) is 2. The average Bonchev–Trinajstić information content (AvgIpc) is 2.95. The lowest BCUT2D eigenvalue weighted by Gasteiger charge is -2.32. The second kappa shape index (κ2) is 9.12. The maximum Gasteiger partial charge on any atom is 0.338 e. The number of halogens is 2. The van der Waals surface area contributed by atoms with E-state index in [0.29, 0.717) is 23.7 Å². The number of rotatable bonds is 5. The third kappa shape index (κ3) is 4.87. The van der Waals surface area contributed by atoms with Crippen LogP contribution >= 0.6 is 0 Å². The molecule has 1 aromatic carbocycles. The molecule has 0 saturated carbocycles. The first-order chi connectivity index (χ1) is 15.7. The van der Waals surface area contributed by atoms with Crippen molar-refractivity contribution in [3.8, 4) is 0 Å². The smallest absolute Gasteiger partial charge is 0.338 e. The number of carbonyl (C=O) groups excluding carboxylic acids is 1. The summed E-state index contributed by atoms with van der Waals surface area (Å²) in [7, 11) is -2.83. The van der Waals surface area contributed by atoms with Crippen molar-refractivity contribution in [3.63, 3.8) is 0 Å². The summed E-state index contributed by atoms with van der Waals surface area (Å²) in [6.45, 7) is 0.145. The van der Waals surface area contributed by atoms with Crippen molar-refractivity contribution in [2.45, 2.75) is 37.8 Å². The Kier molecular flexibility index (Phi) is 6.41. The second-order valence-corrected chi connectivity index (χ2v) is 9.23. The van der Waals surface area contributed by atoms with Crippen molar-refractivity contribution < 1.29 is 26.7 Å². The van der Waals surface area contributed by atoms with Gasteiger partial charge < -0.3 is 9.64 Å². The Hall–Kier alpha value is -2.96. The van der Waals surface area contributed by atoms with Gasteiger partial charge in [-0.2, -0.15) is 13.1 Å². The fourth-order valence-corrected chi connectivity index (χ4v) is 4.91. The Morgan fingerprint density at radius 2 is 2.12 bits per heavy atom. The first-order valence-corrected chi connectivity index (χ1v) is 11.9. The van der Waals surface area contributed by atoms with E-state index in [-0.39, 0.29) is 24.1 Å². The third-order valence-electron chi connectivity index (χ3n) is 5.63. The number of aliphatic imine (C=N–C) groups is 2. The summed E-state index contributed by atoms with van der Waals surface area (Å²) in [5.74, 6) is -1.97. The Balaban J connectivity index is 1.89. The van der Waals surface area contributed by atoms with Gasteiger partial charge >= 0.3 is 5.97 Å². The molecule has 3 N–H and O–H groups in total. The zero-order valence-corrected chi connectivity index (χ0v) is 18.6. The van der Waals surface area contributed by atoms with Crippen LogP contribution in [0.3, 0.4) is 0 Å². The summed E-state index contributed by atoms with van der Waals surface area (Å²) in [6, 6.07) is 1.27. The Bertz CT molecular complexity index is 1210. The molecule has 1 fully saturated rings. The molecule has 0 amide bonds. The van der Waals surface area contributed by atoms with Gasteiger partial charge in [0.05, 0.1) is 18.4 Å². The van der Waals surface area contributed by atoms with E-state index in [0.717, 1.165) is 25.0 Å². The number of nitrogens with zero attached hydrogens (tertiary/aromatic N) is 3. The van der Waals surface area contributed by atoms with Crippen molar-refractivity contribution in [1.82, 2.24) is 9.62 Å². The predicted octanol–water partition coefficient (Wildman–Crippen LogP) is 1.85. The van der Waals surface area contributed by atoms with Crippen LogP contribution in [0, 0.1) is 11.6 Å². The zero-order valence-electron chi connectivity index (χ0n) is 17.8. The number of ether oxygens (including phenoxy) is 1. The lowest BCUT2D eigenvalue weighted by molar-refractivity contribution is -0.136. The quantitative estimate of drug-likeness (QED) is 0.624. The Morgan fingerprint density at radius 3 is 2.82 bits per heavy atom. The lowest BCUT2D eigenvalue weighted by atomic mass is 9.93. The van der Waals surface area contributed by atoms with Crippen molar-refractivity contribution in [1.29, 1.82) is 0 Å². The van der Waals surface area contributed by atoms with Gasteiger partial charge in [0.25, 0.3) is 10.2 Å². The van der Waals surface area contributed by atoms with E-state index in [4.69, 9.17) is 9.88 Å². The van der Waals surface area contributed by atoms with E-state index >= 15 is 0 Å². The first kappa shape index (κ1) is 23.2. The molecular weight excluding hydrogens is 456 g/mol. The van der Waals surface area contributed by atoms with Gasteiger partial charge in [0.1, 0.15) is 17.7 Å². The number of allylic oxidation sites excluding steroid dienone is 1. The highest BCUT2D eigenvalue weighted by atomic mass is 32.2. The van der Waals surface area contributed by atoms with E-state index in [1.807, 2.05) is 6.08 Å². The minimum atomic E-state index is -4.02. The molecule has 1 aromatic rings. The van der Waals surface area contributed by atoms with Gasteiger partial charge in [-0.1, -0.05) is 12.1 Å². The van der Waals surface area contributed by atoms with Crippen LogP contribution in [-0.4, -0.2) is 50.5 Å². The Morgan fingerprint density at radius 1 is 1.33 bits per heavy atom. The third-order valence-corrected chi connectivity index (χ3v) is 6.29. The maximum absolute atomic E-state index is 14.8. The molecule has 0 unspecified atom stereocenters. The summed E-state index contributed by atoms with van der Waals surface area (Å²) < 4.78 is 59.0. The van der Waals surface area contributed by atoms with Gasteiger partial charge in [0.15, 0.2) is 5.84 Å². The highest BCUT2D eigenvalue weighted by Gasteiger charge is 2.43. The van der Waals surface area contributed by atoms with Crippen LogP contribution in [-0.2, 0) is 19.7 Å². The van der Waals surface area contributed by atoms with Crippen molar-refractivity contribution in [3.05, 3.63) is 58.9 Å². The molecule has 3 heterocycles. The van der Waals surface area contributed by atoms with Gasteiger partial charge in [-0.25, -0.2) is 18.7 Å². The molecule has 0 spiro atoms. The predicted molar refractivity (Wildman–Crippen MR) is 117 cm³/mol. The number of benzene rings is 1. The van der Waals surface area contributed by atoms with Crippen molar-refractivity contribution in [2.24, 2.45) is 15.1 Å². The lowest BCUT2D eigenvalue weighted by Crippen LogP contribution is -2.43. The number of amidine groups is 1. The number of nitrogens with two attached hydrogens (primary N) is 1. The highest BCUT2D eigenvalue weighted by Crippen LogP contribution is 2.40. The molecule has 9 nitrogen and oxygen atoms in total. The molecule has 0 aromatic heterocycles. The van der Waals surface area contributed by atoms with Gasteiger partial charge in [-0.3, -0.25) is 9.98 Å².